The number of nitrogens with zero attached hydrogens (tertiary/aromatic N) is 1. The Morgan fingerprint density at radius 1 is 1.36 bits per heavy atom. The lowest BCUT2D eigenvalue weighted by Crippen LogP contribution is -2.31. The highest BCUT2D eigenvalue weighted by atomic mass is 32.2. The van der Waals surface area contributed by atoms with Gasteiger partial charge < -0.3 is 5.11 Å². The Kier molecular flexibility index (Phi) is 7.62. The van der Waals surface area contributed by atoms with E-state index in [1.54, 1.807) is 18.8 Å². The fourth-order valence-electron chi connectivity index (χ4n) is 0.911. The molecular formula is C8H19NO3S2. The topological polar surface area (TPSA) is 57.6 Å². The van der Waals surface area contributed by atoms with E-state index in [1.807, 2.05) is 6.26 Å². The van der Waals surface area contributed by atoms with Crippen LogP contribution < -0.4 is 0 Å². The van der Waals surface area contributed by atoms with Gasteiger partial charge in [0.25, 0.3) is 0 Å². The summed E-state index contributed by atoms with van der Waals surface area (Å²) in [6.45, 7) is 0.618. The van der Waals surface area contributed by atoms with Gasteiger partial charge in [-0.2, -0.15) is 11.8 Å². The molecule has 0 aliphatic rings. The monoisotopic (exact) mass is 241 g/mol. The molecule has 6 heteroatoms. The van der Waals surface area contributed by atoms with Crippen molar-refractivity contribution >= 4 is 21.8 Å². The molecule has 86 valence electrons. The van der Waals surface area contributed by atoms with Crippen molar-refractivity contribution in [1.29, 1.82) is 0 Å². The highest BCUT2D eigenvalue weighted by molar-refractivity contribution is 7.98. The average molecular weight is 241 g/mol. The summed E-state index contributed by atoms with van der Waals surface area (Å²) < 4.78 is 24.5. The van der Waals surface area contributed by atoms with Crippen LogP contribution in [0.1, 0.15) is 12.8 Å². The van der Waals surface area contributed by atoms with Gasteiger partial charge in [-0.1, -0.05) is 0 Å². The van der Waals surface area contributed by atoms with E-state index >= 15 is 0 Å². The van der Waals surface area contributed by atoms with Crippen LogP contribution in [0.15, 0.2) is 0 Å². The van der Waals surface area contributed by atoms with Gasteiger partial charge in [0.2, 0.25) is 10.0 Å². The second kappa shape index (κ2) is 7.50. The summed E-state index contributed by atoms with van der Waals surface area (Å²) in [6, 6.07) is 0. The first-order valence-corrected chi connectivity index (χ1v) is 7.58. The van der Waals surface area contributed by atoms with Gasteiger partial charge in [-0.25, -0.2) is 12.7 Å². The molecule has 0 fully saturated rings. The van der Waals surface area contributed by atoms with Crippen LogP contribution in [0, 0.1) is 0 Å². The van der Waals surface area contributed by atoms with Crippen LogP contribution in [0.5, 0.6) is 0 Å². The molecule has 0 heterocycles. The first kappa shape index (κ1) is 14.2. The summed E-state index contributed by atoms with van der Waals surface area (Å²) in [5.41, 5.74) is 0. The Balaban J connectivity index is 3.91. The van der Waals surface area contributed by atoms with Crippen LogP contribution >= 0.6 is 11.8 Å². The molecule has 0 amide bonds. The molecule has 4 nitrogen and oxygen atoms in total. The van der Waals surface area contributed by atoms with Crippen LogP contribution in [-0.4, -0.2) is 55.8 Å². The van der Waals surface area contributed by atoms with Crippen molar-refractivity contribution in [2.45, 2.75) is 12.8 Å². The molecule has 0 rings (SSSR count). The second-order valence-electron chi connectivity index (χ2n) is 3.06. The number of aliphatic hydroxyl groups is 1. The van der Waals surface area contributed by atoms with Crippen molar-refractivity contribution in [3.8, 4) is 0 Å². The zero-order chi connectivity index (χ0) is 11.0. The molecule has 0 bridgehead atoms. The standard InChI is InChI=1S/C8H19NO3S2/c1-9(5-7-13-2)14(11,12)8-4-3-6-10/h10H,3-8H2,1-2H3. The Morgan fingerprint density at radius 2 is 2.00 bits per heavy atom. The Morgan fingerprint density at radius 3 is 2.50 bits per heavy atom. The number of hydrogen-bond donors (Lipinski definition) is 1. The predicted molar refractivity (Wildman–Crippen MR) is 61.1 cm³/mol. The fourth-order valence-corrected chi connectivity index (χ4v) is 2.73. The summed E-state index contributed by atoms with van der Waals surface area (Å²) in [7, 11) is -1.49. The number of unbranched alkanes of at least 4 members (excludes halogenated alkanes) is 1. The quantitative estimate of drug-likeness (QED) is 0.624. The van der Waals surface area contributed by atoms with Gasteiger partial charge in [-0.3, -0.25) is 0 Å². The summed E-state index contributed by atoms with van der Waals surface area (Å²) in [5.74, 6) is 0.953. The van der Waals surface area contributed by atoms with Crippen molar-refractivity contribution in [2.75, 3.05) is 38.0 Å². The Bertz CT molecular complexity index is 229. The summed E-state index contributed by atoms with van der Waals surface area (Å²) in [4.78, 5) is 0. The largest absolute Gasteiger partial charge is 0.396 e. The van der Waals surface area contributed by atoms with Crippen molar-refractivity contribution in [1.82, 2.24) is 4.31 Å². The maximum Gasteiger partial charge on any atom is 0.213 e. The highest BCUT2D eigenvalue weighted by Crippen LogP contribution is 2.03. The third-order valence-electron chi connectivity index (χ3n) is 1.90. The van der Waals surface area contributed by atoms with Crippen molar-refractivity contribution in [3.63, 3.8) is 0 Å². The molecular weight excluding hydrogens is 222 g/mol. The molecule has 0 aromatic rings. The first-order chi connectivity index (χ1) is 6.54. The van der Waals surface area contributed by atoms with E-state index in [0.29, 0.717) is 19.4 Å². The van der Waals surface area contributed by atoms with Gasteiger partial charge in [-0.15, -0.1) is 0 Å². The van der Waals surface area contributed by atoms with Crippen molar-refractivity contribution < 1.29 is 13.5 Å². The number of sulfonamides is 1. The normalized spacial score (nSPS) is 12.3. The van der Waals surface area contributed by atoms with E-state index in [0.717, 1.165) is 5.75 Å². The molecule has 0 saturated heterocycles. The summed E-state index contributed by atoms with van der Waals surface area (Å²) in [5, 5.41) is 8.53. The van der Waals surface area contributed by atoms with Crippen LogP contribution in [0.25, 0.3) is 0 Å². The molecule has 0 aliphatic carbocycles. The van der Waals surface area contributed by atoms with Crippen molar-refractivity contribution in [2.24, 2.45) is 0 Å². The molecule has 0 aromatic heterocycles. The van der Waals surface area contributed by atoms with Crippen molar-refractivity contribution in [3.05, 3.63) is 0 Å². The maximum atomic E-state index is 11.5. The van der Waals surface area contributed by atoms with Crippen LogP contribution in [0.3, 0.4) is 0 Å². The summed E-state index contributed by atoms with van der Waals surface area (Å²) >= 11 is 1.63. The third kappa shape index (κ3) is 5.85. The smallest absolute Gasteiger partial charge is 0.213 e. The molecule has 0 unspecified atom stereocenters. The minimum Gasteiger partial charge on any atom is -0.396 e. The van der Waals surface area contributed by atoms with Crippen LogP contribution in [0.4, 0.5) is 0 Å². The van der Waals surface area contributed by atoms with E-state index in [1.165, 1.54) is 4.31 Å². The molecule has 0 radical (unpaired) electrons. The SMILES string of the molecule is CSCCN(C)S(=O)(=O)CCCCO. The predicted octanol–water partition coefficient (Wildman–Crippen LogP) is 0.383. The lowest BCUT2D eigenvalue weighted by molar-refractivity contribution is 0.287. The van der Waals surface area contributed by atoms with E-state index in [-0.39, 0.29) is 12.4 Å². The van der Waals surface area contributed by atoms with Gasteiger partial charge >= 0.3 is 0 Å². The average Bonchev–Trinajstić information content (AvgIpc) is 2.14. The lowest BCUT2D eigenvalue weighted by Gasteiger charge is -2.16. The zero-order valence-electron chi connectivity index (χ0n) is 8.77. The molecule has 0 atom stereocenters. The molecule has 0 aromatic carbocycles. The number of aliphatic hydroxyl groups excluding tert-OH is 1. The van der Waals surface area contributed by atoms with Gasteiger partial charge in [0.05, 0.1) is 5.75 Å². The lowest BCUT2D eigenvalue weighted by atomic mass is 10.4. The third-order valence-corrected chi connectivity index (χ3v) is 4.42. The zero-order valence-corrected chi connectivity index (χ0v) is 10.4. The van der Waals surface area contributed by atoms with Crippen LogP contribution in [-0.2, 0) is 10.0 Å². The maximum absolute atomic E-state index is 11.5. The minimum absolute atomic E-state index is 0.0596. The molecule has 14 heavy (non-hydrogen) atoms. The van der Waals surface area contributed by atoms with E-state index < -0.39 is 10.0 Å². The van der Waals surface area contributed by atoms with Gasteiger partial charge in [-0.05, 0) is 19.1 Å². The molecule has 0 saturated carbocycles. The van der Waals surface area contributed by atoms with E-state index in [9.17, 15) is 8.42 Å². The Labute approximate surface area is 90.7 Å². The van der Waals surface area contributed by atoms with E-state index in [4.69, 9.17) is 5.11 Å². The number of thioether (sulfide) groups is 1. The Hall–Kier alpha value is 0.220. The van der Waals surface area contributed by atoms with Gasteiger partial charge in [0, 0.05) is 26.0 Å². The molecule has 0 aliphatic heterocycles. The second-order valence-corrected chi connectivity index (χ2v) is 6.24. The molecule has 0 spiro atoms. The van der Waals surface area contributed by atoms with Gasteiger partial charge in [0.1, 0.15) is 0 Å². The first-order valence-electron chi connectivity index (χ1n) is 4.58. The van der Waals surface area contributed by atoms with Gasteiger partial charge in [0.15, 0.2) is 0 Å². The molecule has 1 N–H and O–H groups in total. The number of rotatable bonds is 8. The minimum atomic E-state index is -3.10. The number of hydrogen-bond acceptors (Lipinski definition) is 4. The fraction of sp³-hybridized carbons (Fsp3) is 1.00. The van der Waals surface area contributed by atoms with Crippen LogP contribution in [0.2, 0.25) is 0 Å². The van der Waals surface area contributed by atoms with E-state index in [2.05, 4.69) is 0 Å². The summed E-state index contributed by atoms with van der Waals surface area (Å²) in [6.07, 6.45) is 3.03. The highest BCUT2D eigenvalue weighted by Gasteiger charge is 2.16.